The predicted octanol–water partition coefficient (Wildman–Crippen LogP) is 4.45. The molecule has 0 radical (unpaired) electrons. The Balaban J connectivity index is 1.87. The number of aliphatic hydroxyl groups is 1. The summed E-state index contributed by atoms with van der Waals surface area (Å²) < 4.78 is 5.41. The van der Waals surface area contributed by atoms with E-state index in [0.29, 0.717) is 27.9 Å². The van der Waals surface area contributed by atoms with E-state index in [0.717, 1.165) is 5.56 Å². The molecule has 0 spiro atoms. The number of carbonyl (C=O) groups is 1. The number of anilines is 1. The predicted molar refractivity (Wildman–Crippen MR) is 92.3 cm³/mol. The zero-order chi connectivity index (χ0) is 16.8. The van der Waals surface area contributed by atoms with E-state index in [-0.39, 0.29) is 12.5 Å². The first kappa shape index (κ1) is 17.6. The first-order chi connectivity index (χ1) is 11.0. The van der Waals surface area contributed by atoms with Gasteiger partial charge >= 0.3 is 0 Å². The lowest BCUT2D eigenvalue weighted by Gasteiger charge is -2.10. The van der Waals surface area contributed by atoms with Gasteiger partial charge in [0.1, 0.15) is 5.75 Å². The maximum atomic E-state index is 11.9. The molecule has 2 aromatic carbocycles. The van der Waals surface area contributed by atoms with Crippen molar-refractivity contribution in [1.29, 1.82) is 0 Å². The summed E-state index contributed by atoms with van der Waals surface area (Å²) >= 11 is 11.7. The Morgan fingerprint density at radius 1 is 1.17 bits per heavy atom. The Morgan fingerprint density at radius 3 is 2.48 bits per heavy atom. The topological polar surface area (TPSA) is 58.6 Å². The molecule has 0 heterocycles. The average Bonchev–Trinajstić information content (AvgIpc) is 2.56. The lowest BCUT2D eigenvalue weighted by Crippen LogP contribution is -2.20. The third-order valence-corrected chi connectivity index (χ3v) is 3.96. The highest BCUT2D eigenvalue weighted by molar-refractivity contribution is 6.42. The quantitative estimate of drug-likeness (QED) is 0.806. The minimum atomic E-state index is -0.484. The van der Waals surface area contributed by atoms with Crippen molar-refractivity contribution in [2.75, 3.05) is 11.9 Å². The molecule has 0 aliphatic rings. The van der Waals surface area contributed by atoms with Crippen LogP contribution in [0, 0.1) is 0 Å². The summed E-state index contributed by atoms with van der Waals surface area (Å²) in [6.45, 7) is 1.78. The van der Waals surface area contributed by atoms with Gasteiger partial charge in [0.2, 0.25) is 0 Å². The summed E-state index contributed by atoms with van der Waals surface area (Å²) in [7, 11) is 0. The summed E-state index contributed by atoms with van der Waals surface area (Å²) in [4.78, 5) is 11.9. The number of amides is 1. The van der Waals surface area contributed by atoms with Crippen molar-refractivity contribution in [3.05, 3.63) is 58.1 Å². The molecule has 4 nitrogen and oxygen atoms in total. The molecule has 122 valence electrons. The number of hydrogen-bond donors (Lipinski definition) is 2. The molecule has 2 aromatic rings. The Bertz CT molecular complexity index is 674. The van der Waals surface area contributed by atoms with E-state index in [2.05, 4.69) is 5.32 Å². The number of nitrogens with one attached hydrogen (secondary N) is 1. The summed E-state index contributed by atoms with van der Waals surface area (Å²) in [5.74, 6) is 0.252. The zero-order valence-corrected chi connectivity index (χ0v) is 14.1. The minimum Gasteiger partial charge on any atom is -0.484 e. The Labute approximate surface area is 145 Å². The first-order valence-electron chi connectivity index (χ1n) is 7.15. The van der Waals surface area contributed by atoms with E-state index in [1.165, 1.54) is 0 Å². The van der Waals surface area contributed by atoms with Gasteiger partial charge in [-0.15, -0.1) is 0 Å². The van der Waals surface area contributed by atoms with Crippen molar-refractivity contribution in [2.45, 2.75) is 19.4 Å². The highest BCUT2D eigenvalue weighted by Gasteiger charge is 2.07. The van der Waals surface area contributed by atoms with Gasteiger partial charge in [-0.25, -0.2) is 0 Å². The molecule has 0 saturated heterocycles. The van der Waals surface area contributed by atoms with Crippen LogP contribution >= 0.6 is 23.2 Å². The fourth-order valence-electron chi connectivity index (χ4n) is 1.94. The fourth-order valence-corrected chi connectivity index (χ4v) is 2.24. The van der Waals surface area contributed by atoms with Crippen molar-refractivity contribution in [3.63, 3.8) is 0 Å². The zero-order valence-electron chi connectivity index (χ0n) is 12.6. The molecule has 2 rings (SSSR count). The van der Waals surface area contributed by atoms with Gasteiger partial charge in [-0.05, 0) is 42.3 Å². The summed E-state index contributed by atoms with van der Waals surface area (Å²) in [5.41, 5.74) is 1.37. The van der Waals surface area contributed by atoms with Gasteiger partial charge in [-0.3, -0.25) is 4.79 Å². The number of ether oxygens (including phenoxy) is 1. The largest absolute Gasteiger partial charge is 0.484 e. The van der Waals surface area contributed by atoms with Gasteiger partial charge in [0.25, 0.3) is 5.91 Å². The van der Waals surface area contributed by atoms with Gasteiger partial charge < -0.3 is 15.2 Å². The van der Waals surface area contributed by atoms with Crippen LogP contribution in [0.5, 0.6) is 5.75 Å². The molecular weight excluding hydrogens is 337 g/mol. The Kier molecular flexibility index (Phi) is 6.28. The molecular formula is C17H17Cl2NO3. The first-order valence-corrected chi connectivity index (χ1v) is 7.91. The summed E-state index contributed by atoms with van der Waals surface area (Å²) in [6, 6.07) is 11.8. The van der Waals surface area contributed by atoms with Crippen LogP contribution in [0.15, 0.2) is 42.5 Å². The maximum absolute atomic E-state index is 11.9. The molecule has 2 N–H and O–H groups in total. The molecule has 0 saturated carbocycles. The summed E-state index contributed by atoms with van der Waals surface area (Å²) in [6.07, 6.45) is 0.161. The van der Waals surface area contributed by atoms with Crippen LogP contribution in [0.25, 0.3) is 0 Å². The molecule has 1 atom stereocenters. The van der Waals surface area contributed by atoms with Crippen molar-refractivity contribution in [2.24, 2.45) is 0 Å². The van der Waals surface area contributed by atoms with Gasteiger partial charge in [0.15, 0.2) is 6.61 Å². The van der Waals surface area contributed by atoms with Crippen LogP contribution in [0.4, 0.5) is 5.69 Å². The second kappa shape index (κ2) is 8.20. The van der Waals surface area contributed by atoms with Crippen LogP contribution in [0.1, 0.15) is 25.0 Å². The van der Waals surface area contributed by atoms with Crippen LogP contribution in [0.3, 0.4) is 0 Å². The van der Waals surface area contributed by atoms with E-state index in [1.807, 2.05) is 6.92 Å². The van der Waals surface area contributed by atoms with Gasteiger partial charge in [0, 0.05) is 5.69 Å². The Morgan fingerprint density at radius 2 is 1.87 bits per heavy atom. The molecule has 0 fully saturated rings. The van der Waals surface area contributed by atoms with Gasteiger partial charge in [-0.1, -0.05) is 42.3 Å². The molecule has 0 bridgehead atoms. The van der Waals surface area contributed by atoms with Crippen LogP contribution in [-0.4, -0.2) is 17.6 Å². The average molecular weight is 354 g/mol. The maximum Gasteiger partial charge on any atom is 0.262 e. The lowest BCUT2D eigenvalue weighted by molar-refractivity contribution is -0.118. The normalized spacial score (nSPS) is 11.8. The molecule has 0 aliphatic heterocycles. The monoisotopic (exact) mass is 353 g/mol. The van der Waals surface area contributed by atoms with E-state index in [4.69, 9.17) is 27.9 Å². The lowest BCUT2D eigenvalue weighted by atomic mass is 10.1. The number of halogens is 2. The van der Waals surface area contributed by atoms with Crippen LogP contribution < -0.4 is 10.1 Å². The minimum absolute atomic E-state index is 0.129. The third-order valence-electron chi connectivity index (χ3n) is 3.22. The number of carbonyl (C=O) groups excluding carboxylic acids is 1. The van der Waals surface area contributed by atoms with Crippen molar-refractivity contribution in [3.8, 4) is 5.75 Å². The van der Waals surface area contributed by atoms with Crippen molar-refractivity contribution >= 4 is 34.8 Å². The second-order valence-corrected chi connectivity index (χ2v) is 5.77. The molecule has 0 aromatic heterocycles. The second-order valence-electron chi connectivity index (χ2n) is 4.96. The van der Waals surface area contributed by atoms with Crippen LogP contribution in [-0.2, 0) is 4.79 Å². The number of aliphatic hydroxyl groups excluding tert-OH is 1. The van der Waals surface area contributed by atoms with Crippen LogP contribution in [0.2, 0.25) is 10.0 Å². The van der Waals surface area contributed by atoms with E-state index in [9.17, 15) is 9.90 Å². The smallest absolute Gasteiger partial charge is 0.262 e. The fraction of sp³-hybridized carbons (Fsp3) is 0.235. The molecule has 1 unspecified atom stereocenters. The van der Waals surface area contributed by atoms with E-state index >= 15 is 0 Å². The van der Waals surface area contributed by atoms with Gasteiger partial charge in [0.05, 0.1) is 16.1 Å². The standard InChI is InChI=1S/C17H17Cl2NO3/c1-2-16(21)11-3-6-13(7-4-11)23-10-17(22)20-12-5-8-14(18)15(19)9-12/h3-9,16,21H,2,10H2,1H3,(H,20,22). The summed E-state index contributed by atoms with van der Waals surface area (Å²) in [5, 5.41) is 13.2. The Hall–Kier alpha value is -1.75. The SMILES string of the molecule is CCC(O)c1ccc(OCC(=O)Nc2ccc(Cl)c(Cl)c2)cc1. The molecule has 1 amide bonds. The number of benzene rings is 2. The molecule has 23 heavy (non-hydrogen) atoms. The molecule has 6 heteroatoms. The highest BCUT2D eigenvalue weighted by Crippen LogP contribution is 2.25. The molecule has 0 aliphatic carbocycles. The van der Waals surface area contributed by atoms with Crippen molar-refractivity contribution in [1.82, 2.24) is 0 Å². The number of rotatable bonds is 6. The number of hydrogen-bond acceptors (Lipinski definition) is 3. The van der Waals surface area contributed by atoms with E-state index < -0.39 is 6.10 Å². The van der Waals surface area contributed by atoms with Crippen molar-refractivity contribution < 1.29 is 14.6 Å². The highest BCUT2D eigenvalue weighted by atomic mass is 35.5. The third kappa shape index (κ3) is 5.13. The van der Waals surface area contributed by atoms with Gasteiger partial charge in [-0.2, -0.15) is 0 Å². The van der Waals surface area contributed by atoms with E-state index in [1.54, 1.807) is 42.5 Å².